The zero-order valence-corrected chi connectivity index (χ0v) is 13.0. The summed E-state index contributed by atoms with van der Waals surface area (Å²) in [7, 11) is 0. The summed E-state index contributed by atoms with van der Waals surface area (Å²) in [5, 5.41) is 6.55. The molecule has 24 heavy (non-hydrogen) atoms. The standard InChI is InChI=1S/C19H16N4O/c1-2-12-20-17(24)13-21-19-15-10-6-7-11-16(15)22-18(23-19)14-8-4-3-5-9-14/h1,3-11H,12-13H2,(H,20,24)(H,21,22,23). The van der Waals surface area contributed by atoms with E-state index in [0.29, 0.717) is 11.6 Å². The number of hydrogen-bond donors (Lipinski definition) is 2. The van der Waals surface area contributed by atoms with Crippen molar-refractivity contribution in [1.82, 2.24) is 15.3 Å². The summed E-state index contributed by atoms with van der Waals surface area (Å²) < 4.78 is 0. The lowest BCUT2D eigenvalue weighted by molar-refractivity contribution is -0.119. The summed E-state index contributed by atoms with van der Waals surface area (Å²) in [6.07, 6.45) is 5.14. The van der Waals surface area contributed by atoms with Gasteiger partial charge in [-0.1, -0.05) is 48.4 Å². The Bertz CT molecular complexity index is 900. The molecule has 5 nitrogen and oxygen atoms in total. The maximum absolute atomic E-state index is 11.8. The molecule has 2 N–H and O–H groups in total. The van der Waals surface area contributed by atoms with Gasteiger partial charge in [0.1, 0.15) is 5.82 Å². The Kier molecular flexibility index (Phi) is 4.68. The fraction of sp³-hybridized carbons (Fsp3) is 0.105. The molecule has 0 atom stereocenters. The lowest BCUT2D eigenvalue weighted by Crippen LogP contribution is -2.30. The normalized spacial score (nSPS) is 10.1. The van der Waals surface area contributed by atoms with Gasteiger partial charge in [0.15, 0.2) is 5.82 Å². The molecular formula is C19H16N4O. The zero-order chi connectivity index (χ0) is 16.8. The smallest absolute Gasteiger partial charge is 0.240 e. The van der Waals surface area contributed by atoms with Crippen molar-refractivity contribution in [3.63, 3.8) is 0 Å². The minimum Gasteiger partial charge on any atom is -0.360 e. The Morgan fingerprint density at radius 1 is 1.04 bits per heavy atom. The van der Waals surface area contributed by atoms with Gasteiger partial charge in [0.2, 0.25) is 5.91 Å². The van der Waals surface area contributed by atoms with Crippen LogP contribution < -0.4 is 10.6 Å². The van der Waals surface area contributed by atoms with E-state index in [1.54, 1.807) is 0 Å². The molecule has 1 amide bonds. The second kappa shape index (κ2) is 7.25. The first-order valence-corrected chi connectivity index (χ1v) is 7.54. The highest BCUT2D eigenvalue weighted by molar-refractivity contribution is 5.92. The zero-order valence-electron chi connectivity index (χ0n) is 13.0. The molecule has 1 aromatic heterocycles. The number of terminal acetylenes is 1. The largest absolute Gasteiger partial charge is 0.360 e. The van der Waals surface area contributed by atoms with E-state index in [9.17, 15) is 4.79 Å². The van der Waals surface area contributed by atoms with Crippen molar-refractivity contribution in [2.45, 2.75) is 0 Å². The topological polar surface area (TPSA) is 66.9 Å². The highest BCUT2D eigenvalue weighted by Crippen LogP contribution is 2.24. The van der Waals surface area contributed by atoms with Crippen LogP contribution in [-0.2, 0) is 4.79 Å². The Hall–Kier alpha value is -3.39. The van der Waals surface area contributed by atoms with E-state index >= 15 is 0 Å². The Morgan fingerprint density at radius 3 is 2.58 bits per heavy atom. The fourth-order valence-corrected chi connectivity index (χ4v) is 2.30. The fourth-order valence-electron chi connectivity index (χ4n) is 2.30. The van der Waals surface area contributed by atoms with Crippen LogP contribution in [-0.4, -0.2) is 29.0 Å². The van der Waals surface area contributed by atoms with Crippen molar-refractivity contribution < 1.29 is 4.79 Å². The quantitative estimate of drug-likeness (QED) is 0.710. The van der Waals surface area contributed by atoms with Crippen LogP contribution in [0, 0.1) is 12.3 Å². The predicted octanol–water partition coefficient (Wildman–Crippen LogP) is 2.46. The number of aromatic nitrogens is 2. The number of para-hydroxylation sites is 1. The highest BCUT2D eigenvalue weighted by Gasteiger charge is 2.10. The molecule has 3 rings (SSSR count). The second-order valence-electron chi connectivity index (χ2n) is 5.11. The van der Waals surface area contributed by atoms with Crippen LogP contribution in [0.2, 0.25) is 0 Å². The molecule has 0 radical (unpaired) electrons. The average molecular weight is 316 g/mol. The molecule has 0 fully saturated rings. The summed E-state index contributed by atoms with van der Waals surface area (Å²) >= 11 is 0. The number of carbonyl (C=O) groups is 1. The van der Waals surface area contributed by atoms with Gasteiger partial charge >= 0.3 is 0 Å². The average Bonchev–Trinajstić information content (AvgIpc) is 2.65. The number of carbonyl (C=O) groups excluding carboxylic acids is 1. The first-order chi connectivity index (χ1) is 11.8. The van der Waals surface area contributed by atoms with E-state index in [1.165, 1.54) is 0 Å². The highest BCUT2D eigenvalue weighted by atomic mass is 16.1. The Labute approximate surface area is 140 Å². The molecular weight excluding hydrogens is 300 g/mol. The van der Waals surface area contributed by atoms with E-state index in [-0.39, 0.29) is 19.0 Å². The number of amides is 1. The third-order valence-electron chi connectivity index (χ3n) is 3.44. The van der Waals surface area contributed by atoms with Crippen LogP contribution in [0.25, 0.3) is 22.3 Å². The van der Waals surface area contributed by atoms with Crippen molar-refractivity contribution in [1.29, 1.82) is 0 Å². The maximum atomic E-state index is 11.8. The van der Waals surface area contributed by atoms with Crippen molar-refractivity contribution >= 4 is 22.6 Å². The molecule has 0 aliphatic rings. The molecule has 0 aliphatic carbocycles. The number of benzene rings is 2. The predicted molar refractivity (Wildman–Crippen MR) is 95.3 cm³/mol. The van der Waals surface area contributed by atoms with Gasteiger partial charge in [-0.15, -0.1) is 6.42 Å². The van der Waals surface area contributed by atoms with Crippen LogP contribution in [0.5, 0.6) is 0 Å². The number of hydrogen-bond acceptors (Lipinski definition) is 4. The van der Waals surface area contributed by atoms with Gasteiger partial charge in [-0.2, -0.15) is 0 Å². The van der Waals surface area contributed by atoms with Crippen LogP contribution >= 0.6 is 0 Å². The number of anilines is 1. The molecule has 0 aliphatic heterocycles. The minimum absolute atomic E-state index is 0.0942. The summed E-state index contributed by atoms with van der Waals surface area (Å²) in [6.45, 7) is 0.303. The second-order valence-corrected chi connectivity index (χ2v) is 5.11. The van der Waals surface area contributed by atoms with Gasteiger partial charge in [-0.05, 0) is 12.1 Å². The molecule has 0 saturated heterocycles. The third-order valence-corrected chi connectivity index (χ3v) is 3.44. The summed E-state index contributed by atoms with van der Waals surface area (Å²) in [5.74, 6) is 3.42. The van der Waals surface area contributed by atoms with Crippen molar-refractivity contribution in [2.75, 3.05) is 18.4 Å². The molecule has 0 bridgehead atoms. The number of rotatable bonds is 5. The number of nitrogens with one attached hydrogen (secondary N) is 2. The molecule has 3 aromatic rings. The van der Waals surface area contributed by atoms with Gasteiger partial charge in [0, 0.05) is 10.9 Å². The van der Waals surface area contributed by atoms with E-state index in [1.807, 2.05) is 54.6 Å². The first kappa shape index (κ1) is 15.5. The monoisotopic (exact) mass is 316 g/mol. The number of nitrogens with zero attached hydrogens (tertiary/aromatic N) is 2. The summed E-state index contributed by atoms with van der Waals surface area (Å²) in [6, 6.07) is 17.4. The number of fused-ring (bicyclic) bond motifs is 1. The van der Waals surface area contributed by atoms with Gasteiger partial charge in [0.25, 0.3) is 0 Å². The lowest BCUT2D eigenvalue weighted by Gasteiger charge is -2.10. The maximum Gasteiger partial charge on any atom is 0.240 e. The summed E-state index contributed by atoms with van der Waals surface area (Å²) in [5.41, 5.74) is 1.74. The van der Waals surface area contributed by atoms with Crippen molar-refractivity contribution in [2.24, 2.45) is 0 Å². The van der Waals surface area contributed by atoms with Crippen LogP contribution in [0.1, 0.15) is 0 Å². The van der Waals surface area contributed by atoms with Crippen LogP contribution in [0.15, 0.2) is 54.6 Å². The van der Waals surface area contributed by atoms with Gasteiger partial charge in [-0.3, -0.25) is 4.79 Å². The molecule has 0 unspecified atom stereocenters. The first-order valence-electron chi connectivity index (χ1n) is 7.54. The third kappa shape index (κ3) is 3.50. The van der Waals surface area contributed by atoms with Crippen LogP contribution in [0.3, 0.4) is 0 Å². The SMILES string of the molecule is C#CCNC(=O)CNc1nc(-c2ccccc2)nc2ccccc12. The van der Waals surface area contributed by atoms with Gasteiger partial charge < -0.3 is 10.6 Å². The van der Waals surface area contributed by atoms with Crippen molar-refractivity contribution in [3.05, 3.63) is 54.6 Å². The Morgan fingerprint density at radius 2 is 1.79 bits per heavy atom. The van der Waals surface area contributed by atoms with E-state index in [4.69, 9.17) is 6.42 Å². The van der Waals surface area contributed by atoms with Crippen LogP contribution in [0.4, 0.5) is 5.82 Å². The molecule has 0 spiro atoms. The molecule has 1 heterocycles. The lowest BCUT2D eigenvalue weighted by atomic mass is 10.2. The molecule has 2 aromatic carbocycles. The Balaban J connectivity index is 1.93. The minimum atomic E-state index is -0.183. The van der Waals surface area contributed by atoms with Gasteiger partial charge in [0.05, 0.1) is 18.6 Å². The van der Waals surface area contributed by atoms with Crippen molar-refractivity contribution in [3.8, 4) is 23.7 Å². The van der Waals surface area contributed by atoms with E-state index < -0.39 is 0 Å². The molecule has 5 heteroatoms. The summed E-state index contributed by atoms with van der Waals surface area (Å²) in [4.78, 5) is 20.9. The molecule has 118 valence electrons. The van der Waals surface area contributed by atoms with E-state index in [0.717, 1.165) is 16.5 Å². The van der Waals surface area contributed by atoms with Gasteiger partial charge in [-0.25, -0.2) is 9.97 Å². The molecule has 0 saturated carbocycles. The van der Waals surface area contributed by atoms with E-state index in [2.05, 4.69) is 26.5 Å².